The van der Waals surface area contributed by atoms with Gasteiger partial charge >= 0.3 is 6.18 Å². The third-order valence-corrected chi connectivity index (χ3v) is 2.72. The summed E-state index contributed by atoms with van der Waals surface area (Å²) >= 11 is 1.89. The highest BCUT2D eigenvalue weighted by Crippen LogP contribution is 2.30. The minimum Gasteiger partial charge on any atom is -0.477 e. The fraction of sp³-hybridized carbons (Fsp3) is 0.364. The van der Waals surface area contributed by atoms with Crippen molar-refractivity contribution in [3.05, 3.63) is 34.1 Å². The first-order chi connectivity index (χ1) is 7.95. The van der Waals surface area contributed by atoms with E-state index in [-0.39, 0.29) is 5.88 Å². The van der Waals surface area contributed by atoms with E-state index >= 15 is 0 Å². The van der Waals surface area contributed by atoms with E-state index in [1.54, 1.807) is 6.08 Å². The molecule has 0 spiro atoms. The van der Waals surface area contributed by atoms with Gasteiger partial charge in [0.05, 0.1) is 10.2 Å². The van der Waals surface area contributed by atoms with Crippen molar-refractivity contribution in [3.8, 4) is 5.88 Å². The molecule has 1 rings (SSSR count). The molecule has 0 atom stereocenters. The van der Waals surface area contributed by atoms with Crippen LogP contribution < -0.4 is 4.74 Å². The van der Waals surface area contributed by atoms with Crippen LogP contribution >= 0.6 is 22.6 Å². The van der Waals surface area contributed by atoms with Crippen LogP contribution in [0.1, 0.15) is 18.5 Å². The fourth-order valence-corrected chi connectivity index (χ4v) is 1.54. The van der Waals surface area contributed by atoms with Crippen LogP contribution in [-0.2, 0) is 6.18 Å². The lowest BCUT2D eigenvalue weighted by Crippen LogP contribution is -2.10. The first kappa shape index (κ1) is 14.3. The molecule has 1 aromatic rings. The first-order valence-corrected chi connectivity index (χ1v) is 6.00. The third kappa shape index (κ3) is 4.53. The van der Waals surface area contributed by atoms with Crippen LogP contribution in [0.4, 0.5) is 13.2 Å². The quantitative estimate of drug-likeness (QED) is 0.451. The summed E-state index contributed by atoms with van der Waals surface area (Å²) in [7, 11) is 0. The summed E-state index contributed by atoms with van der Waals surface area (Å²) in [5.41, 5.74) is -0.934. The van der Waals surface area contributed by atoms with E-state index in [4.69, 9.17) is 4.74 Å². The van der Waals surface area contributed by atoms with Gasteiger partial charge in [-0.2, -0.15) is 13.2 Å². The highest BCUT2D eigenvalue weighted by molar-refractivity contribution is 14.1. The Hall–Kier alpha value is -0.790. The van der Waals surface area contributed by atoms with Gasteiger partial charge in [0, 0.05) is 0 Å². The molecule has 0 unspecified atom stereocenters. The zero-order chi connectivity index (χ0) is 12.9. The van der Waals surface area contributed by atoms with Crippen LogP contribution in [0.2, 0.25) is 0 Å². The minimum absolute atomic E-state index is 0.0319. The van der Waals surface area contributed by atoms with Crippen LogP contribution in [0.15, 0.2) is 24.8 Å². The molecule has 0 saturated carbocycles. The van der Waals surface area contributed by atoms with Crippen LogP contribution in [0.3, 0.4) is 0 Å². The lowest BCUT2D eigenvalue weighted by Gasteiger charge is -2.10. The van der Waals surface area contributed by atoms with Crippen LogP contribution in [0.5, 0.6) is 5.88 Å². The van der Waals surface area contributed by atoms with Gasteiger partial charge in [-0.15, -0.1) is 6.58 Å². The van der Waals surface area contributed by atoms with Gasteiger partial charge in [0.2, 0.25) is 5.88 Å². The lowest BCUT2D eigenvalue weighted by atomic mass is 10.3. The second-order valence-corrected chi connectivity index (χ2v) is 4.42. The van der Waals surface area contributed by atoms with Crippen molar-refractivity contribution < 1.29 is 17.9 Å². The highest BCUT2D eigenvalue weighted by Gasteiger charge is 2.33. The van der Waals surface area contributed by atoms with E-state index in [1.807, 2.05) is 22.6 Å². The molecule has 0 N–H and O–H groups in total. The highest BCUT2D eigenvalue weighted by atomic mass is 127. The van der Waals surface area contributed by atoms with Crippen LogP contribution in [0, 0.1) is 3.57 Å². The van der Waals surface area contributed by atoms with Crippen molar-refractivity contribution in [2.24, 2.45) is 0 Å². The van der Waals surface area contributed by atoms with Crippen molar-refractivity contribution in [1.82, 2.24) is 4.98 Å². The molecule has 0 aromatic carbocycles. The molecule has 17 heavy (non-hydrogen) atoms. The molecule has 0 aliphatic heterocycles. The number of allylic oxidation sites excluding steroid dienone is 1. The number of halogens is 4. The monoisotopic (exact) mass is 357 g/mol. The molecule has 0 fully saturated rings. The molecule has 2 nitrogen and oxygen atoms in total. The normalized spacial score (nSPS) is 11.3. The number of aromatic nitrogens is 1. The molecular formula is C11H11F3INO. The molecule has 0 radical (unpaired) electrons. The first-order valence-electron chi connectivity index (χ1n) is 4.92. The van der Waals surface area contributed by atoms with Gasteiger partial charge in [0.25, 0.3) is 0 Å². The van der Waals surface area contributed by atoms with Crippen LogP contribution in [0.25, 0.3) is 0 Å². The van der Waals surface area contributed by atoms with Gasteiger partial charge < -0.3 is 4.74 Å². The van der Waals surface area contributed by atoms with Crippen molar-refractivity contribution in [1.29, 1.82) is 0 Å². The molecule has 0 aliphatic carbocycles. The molecule has 1 aromatic heterocycles. The van der Waals surface area contributed by atoms with Crippen LogP contribution in [-0.4, -0.2) is 11.6 Å². The van der Waals surface area contributed by atoms with E-state index in [1.165, 1.54) is 6.07 Å². The average Bonchev–Trinajstić information content (AvgIpc) is 2.25. The number of hydrogen-bond acceptors (Lipinski definition) is 2. The van der Waals surface area contributed by atoms with Gasteiger partial charge in [0.1, 0.15) is 5.69 Å². The predicted octanol–water partition coefficient (Wildman–Crippen LogP) is 4.05. The molecule has 94 valence electrons. The largest absolute Gasteiger partial charge is 0.477 e. The lowest BCUT2D eigenvalue weighted by molar-refractivity contribution is -0.141. The van der Waals surface area contributed by atoms with E-state index in [9.17, 15) is 13.2 Å². The third-order valence-electron chi connectivity index (χ3n) is 1.90. The Morgan fingerprint density at radius 1 is 1.41 bits per heavy atom. The van der Waals surface area contributed by atoms with Crippen molar-refractivity contribution in [3.63, 3.8) is 0 Å². The number of unbranched alkanes of at least 4 members (excludes halogenated alkanes) is 1. The second kappa shape index (κ2) is 6.23. The Morgan fingerprint density at radius 3 is 2.71 bits per heavy atom. The van der Waals surface area contributed by atoms with E-state index < -0.39 is 11.9 Å². The minimum atomic E-state index is -4.44. The summed E-state index contributed by atoms with van der Waals surface area (Å²) in [5.74, 6) is 0.0319. The Labute approximate surface area is 111 Å². The Bertz CT molecular complexity index is 393. The second-order valence-electron chi connectivity index (χ2n) is 3.26. The molecule has 0 amide bonds. The van der Waals surface area contributed by atoms with Gasteiger partial charge in [-0.25, -0.2) is 4.98 Å². The summed E-state index contributed by atoms with van der Waals surface area (Å²) in [5, 5.41) is 0. The number of nitrogens with zero attached hydrogens (tertiary/aromatic N) is 1. The van der Waals surface area contributed by atoms with Gasteiger partial charge in [-0.05, 0) is 47.6 Å². The Kier molecular flexibility index (Phi) is 5.23. The summed E-state index contributed by atoms with van der Waals surface area (Å²) in [6, 6.07) is 2.29. The molecule has 6 heteroatoms. The molecule has 0 bridgehead atoms. The number of hydrogen-bond donors (Lipinski definition) is 0. The molecule has 1 heterocycles. The maximum Gasteiger partial charge on any atom is 0.433 e. The number of pyridine rings is 1. The van der Waals surface area contributed by atoms with E-state index in [2.05, 4.69) is 11.6 Å². The number of alkyl halides is 3. The summed E-state index contributed by atoms with van der Waals surface area (Å²) in [4.78, 5) is 3.46. The van der Waals surface area contributed by atoms with Gasteiger partial charge in [0.15, 0.2) is 0 Å². The zero-order valence-corrected chi connectivity index (χ0v) is 11.1. The maximum atomic E-state index is 12.4. The zero-order valence-electron chi connectivity index (χ0n) is 8.93. The van der Waals surface area contributed by atoms with E-state index in [0.29, 0.717) is 16.6 Å². The summed E-state index contributed by atoms with van der Waals surface area (Å²) < 4.78 is 43.0. The van der Waals surface area contributed by atoms with E-state index in [0.717, 1.165) is 12.5 Å². The average molecular weight is 357 g/mol. The molecular weight excluding hydrogens is 346 g/mol. The SMILES string of the molecule is C=CCCCOc1nc(C(F)(F)F)ccc1I. The van der Waals surface area contributed by atoms with Crippen molar-refractivity contribution >= 4 is 22.6 Å². The van der Waals surface area contributed by atoms with Crippen molar-refractivity contribution in [2.75, 3.05) is 6.61 Å². The standard InChI is InChI=1S/C11H11F3INO/c1-2-3-4-7-17-10-8(15)5-6-9(16-10)11(12,13)14/h2,5-6H,1,3-4,7H2. The summed E-state index contributed by atoms with van der Waals surface area (Å²) in [6.07, 6.45) is -1.25. The van der Waals surface area contributed by atoms with Gasteiger partial charge in [-0.1, -0.05) is 6.08 Å². The maximum absolute atomic E-state index is 12.4. The predicted molar refractivity (Wildman–Crippen MR) is 66.9 cm³/mol. The smallest absolute Gasteiger partial charge is 0.433 e. The fourth-order valence-electron chi connectivity index (χ4n) is 1.08. The topological polar surface area (TPSA) is 22.1 Å². The molecule has 0 aliphatic rings. The summed E-state index contributed by atoms with van der Waals surface area (Å²) in [6.45, 7) is 3.88. The Morgan fingerprint density at radius 2 is 2.12 bits per heavy atom. The number of ether oxygens (including phenoxy) is 1. The Balaban J connectivity index is 2.73. The molecule has 0 saturated heterocycles. The van der Waals surface area contributed by atoms with Gasteiger partial charge in [-0.3, -0.25) is 0 Å². The van der Waals surface area contributed by atoms with Crippen molar-refractivity contribution in [2.45, 2.75) is 19.0 Å². The number of rotatable bonds is 5.